The molecule has 0 spiro atoms. The van der Waals surface area contributed by atoms with Crippen molar-refractivity contribution >= 4 is 12.0 Å². The van der Waals surface area contributed by atoms with Gasteiger partial charge in [0.25, 0.3) is 0 Å². The maximum Gasteiger partial charge on any atom is 0.410 e. The van der Waals surface area contributed by atoms with Crippen molar-refractivity contribution in [3.05, 3.63) is 0 Å². The number of hydrogen-bond acceptors (Lipinski definition) is 3. The second kappa shape index (κ2) is 4.55. The first-order chi connectivity index (χ1) is 7.62. The fraction of sp³-hybridized carbons (Fsp3) is 0.833. The van der Waals surface area contributed by atoms with E-state index >= 15 is 0 Å². The van der Waals surface area contributed by atoms with E-state index in [0.29, 0.717) is 19.6 Å². The van der Waals surface area contributed by atoms with Crippen molar-refractivity contribution in [3.63, 3.8) is 0 Å². The van der Waals surface area contributed by atoms with Gasteiger partial charge in [-0.1, -0.05) is 0 Å². The summed E-state index contributed by atoms with van der Waals surface area (Å²) in [5, 5.41) is 3.92. The molecule has 1 fully saturated rings. The Hall–Kier alpha value is -1.26. The second-order valence-corrected chi connectivity index (χ2v) is 5.97. The van der Waals surface area contributed by atoms with Crippen LogP contribution in [0.4, 0.5) is 4.79 Å². The van der Waals surface area contributed by atoms with E-state index in [1.165, 1.54) is 0 Å². The highest BCUT2D eigenvalue weighted by atomic mass is 16.6. The molecule has 0 atom stereocenters. The summed E-state index contributed by atoms with van der Waals surface area (Å²) in [5.41, 5.74) is -1.15. The highest BCUT2D eigenvalue weighted by Gasteiger charge is 2.36. The lowest BCUT2D eigenvalue weighted by Gasteiger charge is -2.29. The van der Waals surface area contributed by atoms with Crippen molar-refractivity contribution in [3.8, 4) is 0 Å². The van der Waals surface area contributed by atoms with Crippen LogP contribution in [0.25, 0.3) is 0 Å². The Bertz CT molecular complexity index is 318. The zero-order chi connectivity index (χ0) is 13.3. The maximum atomic E-state index is 11.9. The molecule has 0 N–H and O–H groups in total. The van der Waals surface area contributed by atoms with E-state index in [1.54, 1.807) is 18.7 Å². The van der Waals surface area contributed by atoms with E-state index < -0.39 is 11.0 Å². The topological polar surface area (TPSA) is 60.7 Å². The fourth-order valence-corrected chi connectivity index (χ4v) is 1.59. The van der Waals surface area contributed by atoms with Crippen LogP contribution in [0.2, 0.25) is 0 Å². The van der Waals surface area contributed by atoms with Crippen molar-refractivity contribution in [1.29, 1.82) is 0 Å². The lowest BCUT2D eigenvalue weighted by atomic mass is 9.92. The van der Waals surface area contributed by atoms with Crippen LogP contribution in [0.15, 0.2) is 0 Å². The van der Waals surface area contributed by atoms with Crippen molar-refractivity contribution in [2.45, 2.75) is 40.2 Å². The third-order valence-electron chi connectivity index (χ3n) is 2.44. The molecule has 17 heavy (non-hydrogen) atoms. The molecule has 0 unspecified atom stereocenters. The summed E-state index contributed by atoms with van der Waals surface area (Å²) in [4.78, 5) is 25.1. The fourth-order valence-electron chi connectivity index (χ4n) is 1.59. The number of ether oxygens (including phenoxy) is 1. The van der Waals surface area contributed by atoms with Gasteiger partial charge >= 0.3 is 6.09 Å². The highest BCUT2D eigenvalue weighted by Crippen LogP contribution is 2.21. The number of nitrogens with zero attached hydrogens (tertiary/aromatic N) is 2. The monoisotopic (exact) mass is 241 g/mol. The van der Waals surface area contributed by atoms with E-state index in [2.05, 4.69) is 5.32 Å². The van der Waals surface area contributed by atoms with Crippen molar-refractivity contribution in [2.75, 3.05) is 19.6 Å². The second-order valence-electron chi connectivity index (χ2n) is 5.97. The van der Waals surface area contributed by atoms with Crippen LogP contribution in [0.3, 0.4) is 0 Å². The summed E-state index contributed by atoms with van der Waals surface area (Å²) in [7, 11) is 0. The Balaban J connectivity index is 2.72. The molecule has 97 valence electrons. The van der Waals surface area contributed by atoms with Crippen LogP contribution in [-0.2, 0) is 9.53 Å². The number of carbonyl (C=O) groups is 2. The van der Waals surface area contributed by atoms with Gasteiger partial charge in [0.05, 0.1) is 12.0 Å². The number of hydrogen-bond donors (Lipinski definition) is 0. The Morgan fingerprint density at radius 1 is 1.41 bits per heavy atom. The molecule has 0 aliphatic carbocycles. The molecular weight excluding hydrogens is 220 g/mol. The van der Waals surface area contributed by atoms with E-state index in [-0.39, 0.29) is 12.0 Å². The quantitative estimate of drug-likeness (QED) is 0.644. The van der Waals surface area contributed by atoms with Gasteiger partial charge in [0.2, 0.25) is 5.91 Å². The van der Waals surface area contributed by atoms with Gasteiger partial charge in [0, 0.05) is 13.1 Å². The molecule has 1 radical (unpaired) electrons. The molecule has 5 heteroatoms. The molecule has 0 saturated carbocycles. The molecule has 1 heterocycles. The van der Waals surface area contributed by atoms with Crippen molar-refractivity contribution in [1.82, 2.24) is 10.2 Å². The van der Waals surface area contributed by atoms with Crippen LogP contribution >= 0.6 is 0 Å². The number of rotatable bonds is 0. The van der Waals surface area contributed by atoms with Gasteiger partial charge in [-0.25, -0.2) is 10.1 Å². The zero-order valence-electron chi connectivity index (χ0n) is 11.2. The van der Waals surface area contributed by atoms with Gasteiger partial charge in [-0.3, -0.25) is 4.79 Å². The summed E-state index contributed by atoms with van der Waals surface area (Å²) >= 11 is 0. The molecule has 1 aliphatic rings. The lowest BCUT2D eigenvalue weighted by molar-refractivity contribution is -0.129. The van der Waals surface area contributed by atoms with E-state index in [4.69, 9.17) is 4.74 Å². The molecule has 5 nitrogen and oxygen atoms in total. The Labute approximate surface area is 102 Å². The lowest BCUT2D eigenvalue weighted by Crippen LogP contribution is -2.43. The summed E-state index contributed by atoms with van der Waals surface area (Å²) < 4.78 is 5.30. The van der Waals surface area contributed by atoms with E-state index in [9.17, 15) is 9.59 Å². The van der Waals surface area contributed by atoms with Gasteiger partial charge in [0.1, 0.15) is 5.60 Å². The zero-order valence-corrected chi connectivity index (χ0v) is 11.2. The molecule has 1 rings (SSSR count). The highest BCUT2D eigenvalue weighted by molar-refractivity contribution is 5.83. The summed E-state index contributed by atoms with van der Waals surface area (Å²) in [6, 6.07) is 0. The minimum absolute atomic E-state index is 0.149. The minimum Gasteiger partial charge on any atom is -0.444 e. The van der Waals surface area contributed by atoms with Crippen molar-refractivity contribution in [2.24, 2.45) is 5.41 Å². The Kier molecular flexibility index (Phi) is 3.69. The SMILES string of the molecule is CC(C)(C)OC(=O)N1CC[N]C(=O)C(C)(C)C1. The van der Waals surface area contributed by atoms with Gasteiger partial charge in [-0.05, 0) is 34.6 Å². The third-order valence-corrected chi connectivity index (χ3v) is 2.44. The van der Waals surface area contributed by atoms with Crippen molar-refractivity contribution < 1.29 is 14.3 Å². The van der Waals surface area contributed by atoms with Crippen LogP contribution < -0.4 is 5.32 Å². The molecule has 0 aromatic rings. The average molecular weight is 241 g/mol. The number of carbonyl (C=O) groups excluding carboxylic acids is 2. The molecule has 1 aliphatic heterocycles. The van der Waals surface area contributed by atoms with Crippen LogP contribution in [0.5, 0.6) is 0 Å². The van der Waals surface area contributed by atoms with Crippen LogP contribution in [0.1, 0.15) is 34.6 Å². The maximum absolute atomic E-state index is 11.9. The van der Waals surface area contributed by atoms with Gasteiger partial charge in [-0.15, -0.1) is 0 Å². The van der Waals surface area contributed by atoms with Gasteiger partial charge in [-0.2, -0.15) is 0 Å². The average Bonchev–Trinajstić information content (AvgIpc) is 2.24. The largest absolute Gasteiger partial charge is 0.444 e. The summed E-state index contributed by atoms with van der Waals surface area (Å²) in [5.74, 6) is -0.149. The first-order valence-electron chi connectivity index (χ1n) is 5.82. The van der Waals surface area contributed by atoms with E-state index in [0.717, 1.165) is 0 Å². The number of amides is 2. The van der Waals surface area contributed by atoms with Gasteiger partial charge in [0.15, 0.2) is 0 Å². The third kappa shape index (κ3) is 3.91. The normalized spacial score (nSPS) is 20.5. The molecular formula is C12H21N2O3. The minimum atomic E-state index is -0.632. The molecule has 0 aromatic carbocycles. The smallest absolute Gasteiger partial charge is 0.410 e. The first kappa shape index (κ1) is 13.8. The standard InChI is InChI=1S/C12H21N2O3/c1-11(2,3)17-10(16)14-7-6-13-9(15)12(4,5)8-14/h6-8H2,1-5H3. The predicted molar refractivity (Wildman–Crippen MR) is 63.6 cm³/mol. The predicted octanol–water partition coefficient (Wildman–Crippen LogP) is 1.39. The van der Waals surface area contributed by atoms with Gasteiger partial charge < -0.3 is 9.64 Å². The Morgan fingerprint density at radius 2 is 2.00 bits per heavy atom. The summed E-state index contributed by atoms with van der Waals surface area (Å²) in [6.45, 7) is 10.2. The molecule has 1 saturated heterocycles. The molecule has 0 bridgehead atoms. The van der Waals surface area contributed by atoms with E-state index in [1.807, 2.05) is 20.8 Å². The van der Waals surface area contributed by atoms with Crippen LogP contribution in [-0.4, -0.2) is 42.1 Å². The van der Waals surface area contributed by atoms with Crippen LogP contribution in [0, 0.1) is 5.41 Å². The first-order valence-corrected chi connectivity index (χ1v) is 5.82. The molecule has 2 amide bonds. The summed E-state index contributed by atoms with van der Waals surface area (Å²) in [6.07, 6.45) is -0.379. The molecule has 0 aromatic heterocycles. The Morgan fingerprint density at radius 3 is 2.53 bits per heavy atom.